The summed E-state index contributed by atoms with van der Waals surface area (Å²) >= 11 is 0. The van der Waals surface area contributed by atoms with E-state index in [-0.39, 0.29) is 5.91 Å². The predicted molar refractivity (Wildman–Crippen MR) is 85.7 cm³/mol. The summed E-state index contributed by atoms with van der Waals surface area (Å²) in [6, 6.07) is 0.751. The zero-order chi connectivity index (χ0) is 14.8. The largest absolute Gasteiger partial charge is 0.353 e. The first-order valence-electron chi connectivity index (χ1n) is 9.16. The maximum atomic E-state index is 12.2. The minimum atomic E-state index is 0.268. The van der Waals surface area contributed by atoms with Crippen LogP contribution >= 0.6 is 0 Å². The monoisotopic (exact) mass is 292 g/mol. The number of nitrogens with one attached hydrogen (secondary N) is 1. The van der Waals surface area contributed by atoms with Crippen molar-refractivity contribution in [2.75, 3.05) is 0 Å². The summed E-state index contributed by atoms with van der Waals surface area (Å²) in [6.07, 6.45) is 12.1. The normalized spacial score (nSPS) is 40.2. The van der Waals surface area contributed by atoms with E-state index in [0.717, 1.165) is 30.6 Å². The van der Waals surface area contributed by atoms with Gasteiger partial charge in [0, 0.05) is 18.5 Å². The van der Waals surface area contributed by atoms with E-state index in [2.05, 4.69) is 12.2 Å². The highest BCUT2D eigenvalue weighted by molar-refractivity contribution is 5.76. The molecule has 3 N–H and O–H groups in total. The Hall–Kier alpha value is -0.570. The summed E-state index contributed by atoms with van der Waals surface area (Å²) in [7, 11) is 0. The molecule has 0 heterocycles. The molecule has 0 aliphatic heterocycles. The van der Waals surface area contributed by atoms with Crippen molar-refractivity contribution >= 4 is 5.91 Å². The molecule has 0 aromatic heterocycles. The molecule has 6 atom stereocenters. The lowest BCUT2D eigenvalue weighted by molar-refractivity contribution is -0.122. The van der Waals surface area contributed by atoms with Crippen LogP contribution in [-0.4, -0.2) is 18.0 Å². The highest BCUT2D eigenvalue weighted by Gasteiger charge is 2.42. The molecule has 0 aromatic rings. The molecular formula is C18H32N2O. The molecule has 3 aliphatic rings. The molecule has 1 amide bonds. The van der Waals surface area contributed by atoms with Gasteiger partial charge in [0.25, 0.3) is 0 Å². The van der Waals surface area contributed by atoms with Crippen molar-refractivity contribution in [1.29, 1.82) is 0 Å². The summed E-state index contributed by atoms with van der Waals surface area (Å²) in [6.45, 7) is 2.22. The lowest BCUT2D eigenvalue weighted by Crippen LogP contribution is -2.40. The van der Waals surface area contributed by atoms with E-state index in [1.54, 1.807) is 0 Å². The minimum Gasteiger partial charge on any atom is -0.353 e. The zero-order valence-corrected chi connectivity index (χ0v) is 13.5. The van der Waals surface area contributed by atoms with Crippen LogP contribution < -0.4 is 11.1 Å². The second-order valence-corrected chi connectivity index (χ2v) is 8.03. The Morgan fingerprint density at radius 3 is 2.71 bits per heavy atom. The van der Waals surface area contributed by atoms with E-state index in [4.69, 9.17) is 5.73 Å². The Morgan fingerprint density at radius 1 is 1.19 bits per heavy atom. The van der Waals surface area contributed by atoms with Crippen LogP contribution in [0.5, 0.6) is 0 Å². The molecule has 3 rings (SSSR count). The fourth-order valence-corrected chi connectivity index (χ4v) is 5.27. The van der Waals surface area contributed by atoms with Crippen molar-refractivity contribution in [3.8, 4) is 0 Å². The third-order valence-electron chi connectivity index (χ3n) is 6.43. The van der Waals surface area contributed by atoms with Gasteiger partial charge in [-0.25, -0.2) is 0 Å². The van der Waals surface area contributed by atoms with Crippen LogP contribution in [0.4, 0.5) is 0 Å². The average Bonchev–Trinajstić information content (AvgIpc) is 3.08. The molecule has 3 nitrogen and oxygen atoms in total. The number of rotatable bonds is 5. The molecule has 0 radical (unpaired) electrons. The van der Waals surface area contributed by atoms with Crippen LogP contribution in [0.3, 0.4) is 0 Å². The molecule has 21 heavy (non-hydrogen) atoms. The van der Waals surface area contributed by atoms with Crippen molar-refractivity contribution in [3.05, 3.63) is 0 Å². The van der Waals surface area contributed by atoms with Gasteiger partial charge in [-0.15, -0.1) is 0 Å². The van der Waals surface area contributed by atoms with Gasteiger partial charge in [-0.2, -0.15) is 0 Å². The van der Waals surface area contributed by atoms with Crippen LogP contribution in [-0.2, 0) is 4.79 Å². The Kier molecular flexibility index (Phi) is 4.88. The highest BCUT2D eigenvalue weighted by atomic mass is 16.1. The van der Waals surface area contributed by atoms with Crippen LogP contribution in [0.1, 0.15) is 71.1 Å². The molecule has 3 heteroatoms. The number of hydrogen-bond donors (Lipinski definition) is 2. The number of amides is 1. The molecule has 3 saturated carbocycles. The van der Waals surface area contributed by atoms with Gasteiger partial charge < -0.3 is 11.1 Å². The SMILES string of the molecule is CC(NC(=O)CCC1CCCC(N)C1)C1CC2CCC1C2. The molecular weight excluding hydrogens is 260 g/mol. The summed E-state index contributed by atoms with van der Waals surface area (Å²) in [5.41, 5.74) is 6.03. The molecule has 120 valence electrons. The van der Waals surface area contributed by atoms with Crippen molar-refractivity contribution in [3.63, 3.8) is 0 Å². The first-order chi connectivity index (χ1) is 10.1. The van der Waals surface area contributed by atoms with Gasteiger partial charge in [-0.3, -0.25) is 4.79 Å². The third-order valence-corrected chi connectivity index (χ3v) is 6.43. The second kappa shape index (κ2) is 6.68. The summed E-state index contributed by atoms with van der Waals surface area (Å²) < 4.78 is 0. The van der Waals surface area contributed by atoms with Crippen molar-refractivity contribution in [2.24, 2.45) is 29.4 Å². The molecule has 2 bridgehead atoms. The molecule has 6 unspecified atom stereocenters. The van der Waals surface area contributed by atoms with Crippen LogP contribution in [0.25, 0.3) is 0 Å². The Balaban J connectivity index is 1.37. The quantitative estimate of drug-likeness (QED) is 0.817. The summed E-state index contributed by atoms with van der Waals surface area (Å²) in [4.78, 5) is 12.2. The van der Waals surface area contributed by atoms with Crippen molar-refractivity contribution in [2.45, 2.75) is 83.2 Å². The van der Waals surface area contributed by atoms with Gasteiger partial charge in [-0.1, -0.05) is 19.3 Å². The predicted octanol–water partition coefficient (Wildman–Crippen LogP) is 3.23. The molecule has 0 aromatic carbocycles. The van der Waals surface area contributed by atoms with E-state index in [1.807, 2.05) is 0 Å². The molecule has 3 aliphatic carbocycles. The molecule has 3 fully saturated rings. The van der Waals surface area contributed by atoms with E-state index < -0.39 is 0 Å². The van der Waals surface area contributed by atoms with Crippen LogP contribution in [0, 0.1) is 23.7 Å². The minimum absolute atomic E-state index is 0.268. The second-order valence-electron chi connectivity index (χ2n) is 8.03. The molecule has 0 spiro atoms. The lowest BCUT2D eigenvalue weighted by atomic mass is 9.83. The highest BCUT2D eigenvalue weighted by Crippen LogP contribution is 2.49. The Morgan fingerprint density at radius 2 is 2.05 bits per heavy atom. The number of hydrogen-bond acceptors (Lipinski definition) is 2. The van der Waals surface area contributed by atoms with Gasteiger partial charge in [0.05, 0.1) is 0 Å². The fraction of sp³-hybridized carbons (Fsp3) is 0.944. The van der Waals surface area contributed by atoms with E-state index >= 15 is 0 Å². The van der Waals surface area contributed by atoms with Gasteiger partial charge in [0.1, 0.15) is 0 Å². The Labute approximate surface area is 129 Å². The number of carbonyl (C=O) groups is 1. The topological polar surface area (TPSA) is 55.1 Å². The van der Waals surface area contributed by atoms with Crippen molar-refractivity contribution < 1.29 is 4.79 Å². The third kappa shape index (κ3) is 3.80. The lowest BCUT2D eigenvalue weighted by Gasteiger charge is -2.29. The molecule has 0 saturated heterocycles. The number of nitrogens with two attached hydrogens (primary N) is 1. The van der Waals surface area contributed by atoms with Crippen LogP contribution in [0.2, 0.25) is 0 Å². The number of fused-ring (bicyclic) bond motifs is 2. The van der Waals surface area contributed by atoms with Crippen molar-refractivity contribution in [1.82, 2.24) is 5.32 Å². The maximum Gasteiger partial charge on any atom is 0.220 e. The first kappa shape index (κ1) is 15.3. The summed E-state index contributed by atoms with van der Waals surface area (Å²) in [5.74, 6) is 3.54. The first-order valence-corrected chi connectivity index (χ1v) is 9.16. The fourth-order valence-electron chi connectivity index (χ4n) is 5.27. The maximum absolute atomic E-state index is 12.2. The zero-order valence-electron chi connectivity index (χ0n) is 13.5. The van der Waals surface area contributed by atoms with Gasteiger partial charge in [0.2, 0.25) is 5.91 Å². The number of carbonyl (C=O) groups excluding carboxylic acids is 1. The average molecular weight is 292 g/mol. The standard InChI is InChI=1S/C18H32N2O/c1-12(17-11-14-5-7-15(17)9-14)20-18(21)8-6-13-3-2-4-16(19)10-13/h12-17H,2-11,19H2,1H3,(H,20,21). The summed E-state index contributed by atoms with van der Waals surface area (Å²) in [5, 5.41) is 3.29. The smallest absolute Gasteiger partial charge is 0.220 e. The van der Waals surface area contributed by atoms with E-state index in [0.29, 0.717) is 24.4 Å². The van der Waals surface area contributed by atoms with E-state index in [9.17, 15) is 4.79 Å². The van der Waals surface area contributed by atoms with Crippen LogP contribution in [0.15, 0.2) is 0 Å². The van der Waals surface area contributed by atoms with E-state index in [1.165, 1.54) is 44.9 Å². The van der Waals surface area contributed by atoms with Gasteiger partial charge in [-0.05, 0) is 69.1 Å². The Bertz CT molecular complexity index is 370. The van der Waals surface area contributed by atoms with Gasteiger partial charge >= 0.3 is 0 Å². The van der Waals surface area contributed by atoms with Gasteiger partial charge in [0.15, 0.2) is 0 Å².